The number of para-hydroxylation sites is 6. The van der Waals surface area contributed by atoms with Crippen molar-refractivity contribution >= 4 is 133 Å². The van der Waals surface area contributed by atoms with Gasteiger partial charge in [-0.15, -0.1) is 0 Å². The summed E-state index contributed by atoms with van der Waals surface area (Å²) in [6.45, 7) is 0. The van der Waals surface area contributed by atoms with Gasteiger partial charge in [0, 0.05) is 71.3 Å². The second-order valence-electron chi connectivity index (χ2n) is 16.6. The van der Waals surface area contributed by atoms with E-state index in [0.717, 1.165) is 17.2 Å². The van der Waals surface area contributed by atoms with Crippen LogP contribution in [-0.2, 0) is 0 Å². The van der Waals surface area contributed by atoms with E-state index in [1.807, 2.05) is 0 Å². The van der Waals surface area contributed by atoms with Gasteiger partial charge in [0.15, 0.2) is 0 Å². The number of benzene rings is 8. The Kier molecular flexibility index (Phi) is 6.13. The Bertz CT molecular complexity index is 3460. The number of rotatable bonds is 2. The molecule has 7 heteroatoms. The van der Waals surface area contributed by atoms with Gasteiger partial charge in [0.25, 0.3) is 0 Å². The van der Waals surface area contributed by atoms with E-state index < -0.39 is 28.3 Å². The van der Waals surface area contributed by atoms with Crippen molar-refractivity contribution in [2.75, 3.05) is 9.80 Å². The molecule has 0 atom stereocenters. The van der Waals surface area contributed by atoms with Gasteiger partial charge in [0.2, 0.25) is 0 Å². The van der Waals surface area contributed by atoms with Crippen molar-refractivity contribution < 1.29 is 0 Å². The first-order valence-electron chi connectivity index (χ1n) is 20.9. The van der Waals surface area contributed by atoms with Gasteiger partial charge in [-0.2, -0.15) is 0 Å². The molecule has 8 aromatic carbocycles. The SMILES string of the molecule is c1ccc(N2c3c[c]4c(n[c]3[Al]3[c]5c2cccc5-n2c5ccccc5c5ccc[c]3c52)N(c2ccccc2)c2cccc3[c]2[Al]4[c]2cccc4c5ccccc5n-3c24)cc1. The Morgan fingerprint density at radius 2 is 0.817 bits per heavy atom. The average molecular weight is 792 g/mol. The summed E-state index contributed by atoms with van der Waals surface area (Å²) in [7, 11) is 0. The van der Waals surface area contributed by atoms with Crippen molar-refractivity contribution in [3.05, 3.63) is 188 Å². The smallest absolute Gasteiger partial charge is 0.312 e. The second-order valence-corrected chi connectivity index (χ2v) is 21.9. The van der Waals surface area contributed by atoms with Crippen LogP contribution in [0.2, 0.25) is 0 Å². The van der Waals surface area contributed by atoms with Crippen molar-refractivity contribution in [1.29, 1.82) is 0 Å². The lowest BCUT2D eigenvalue weighted by Gasteiger charge is -2.43. The lowest BCUT2D eigenvalue weighted by molar-refractivity contribution is 1.15. The molecule has 0 radical (unpaired) electrons. The maximum Gasteiger partial charge on any atom is 0.424 e. The molecule has 0 spiro atoms. The fraction of sp³-hybridized carbons (Fsp3) is 0. The molecule has 0 saturated heterocycles. The van der Waals surface area contributed by atoms with Gasteiger partial charge in [-0.25, -0.2) is 0 Å². The van der Waals surface area contributed by atoms with Crippen LogP contribution in [0.15, 0.2) is 188 Å². The highest BCUT2D eigenvalue weighted by Gasteiger charge is 2.49. The minimum atomic E-state index is -2.18. The van der Waals surface area contributed by atoms with Gasteiger partial charge >= 0.3 is 28.3 Å². The Hall–Kier alpha value is -6.83. The molecule has 0 aliphatic carbocycles. The van der Waals surface area contributed by atoms with Crippen LogP contribution in [0.4, 0.5) is 34.3 Å². The third-order valence-electron chi connectivity index (χ3n) is 13.8. The lowest BCUT2D eigenvalue weighted by Crippen LogP contribution is -2.64. The van der Waals surface area contributed by atoms with Crippen LogP contribution in [0.1, 0.15) is 0 Å². The van der Waals surface area contributed by atoms with Crippen LogP contribution >= 0.6 is 0 Å². The molecule has 7 heterocycles. The molecule has 0 unspecified atom stereocenters. The summed E-state index contributed by atoms with van der Waals surface area (Å²) in [6.07, 6.45) is 0. The number of hydrogen-bond acceptors (Lipinski definition) is 3. The van der Waals surface area contributed by atoms with Crippen molar-refractivity contribution in [1.82, 2.24) is 14.1 Å². The van der Waals surface area contributed by atoms with Gasteiger partial charge in [-0.3, -0.25) is 9.88 Å². The fourth-order valence-electron chi connectivity index (χ4n) is 11.7. The van der Waals surface area contributed by atoms with Crippen LogP contribution in [0.25, 0.3) is 55.0 Å². The minimum Gasteiger partial charge on any atom is -0.312 e. The summed E-state index contributed by atoms with van der Waals surface area (Å²) in [6, 6.07) is 70.6. The zero-order valence-electron chi connectivity index (χ0n) is 32.3. The molecule has 3 aromatic heterocycles. The summed E-state index contributed by atoms with van der Waals surface area (Å²) < 4.78 is 13.5. The first-order valence-corrected chi connectivity index (χ1v) is 24.4. The van der Waals surface area contributed by atoms with E-state index in [1.165, 1.54) is 98.7 Å². The molecule has 11 aromatic rings. The Balaban J connectivity index is 1.11. The number of fused-ring (bicyclic) bond motifs is 14. The van der Waals surface area contributed by atoms with Gasteiger partial charge in [0.05, 0.1) is 16.7 Å². The molecule has 0 amide bonds. The van der Waals surface area contributed by atoms with Crippen molar-refractivity contribution in [3.63, 3.8) is 0 Å². The van der Waals surface area contributed by atoms with E-state index in [2.05, 4.69) is 207 Å². The maximum atomic E-state index is 6.21. The molecule has 274 valence electrons. The quantitative estimate of drug-likeness (QED) is 0.165. The van der Waals surface area contributed by atoms with E-state index in [1.54, 1.807) is 0 Å². The number of nitrogens with zero attached hydrogens (tertiary/aromatic N) is 5. The van der Waals surface area contributed by atoms with Crippen molar-refractivity contribution in [2.24, 2.45) is 0 Å². The van der Waals surface area contributed by atoms with Crippen LogP contribution in [0, 0.1) is 0 Å². The minimum absolute atomic E-state index is 1.09. The van der Waals surface area contributed by atoms with Crippen molar-refractivity contribution in [3.8, 4) is 11.4 Å². The van der Waals surface area contributed by atoms with Crippen molar-refractivity contribution in [2.45, 2.75) is 0 Å². The number of hydrogen-bond donors (Lipinski definition) is 0. The summed E-state index contributed by atoms with van der Waals surface area (Å²) in [5.41, 5.74) is 13.8. The highest BCUT2D eigenvalue weighted by atomic mass is 27.2. The Morgan fingerprint density at radius 3 is 1.43 bits per heavy atom. The molecular formula is C53H31Al2N5. The van der Waals surface area contributed by atoms with Crippen LogP contribution in [0.5, 0.6) is 0 Å². The van der Waals surface area contributed by atoms with Gasteiger partial charge in [0.1, 0.15) is 5.82 Å². The zero-order valence-corrected chi connectivity index (χ0v) is 34.6. The van der Waals surface area contributed by atoms with E-state index in [4.69, 9.17) is 4.98 Å². The molecule has 4 aliphatic rings. The highest BCUT2D eigenvalue weighted by molar-refractivity contribution is 7.02. The van der Waals surface area contributed by atoms with Gasteiger partial charge in [-0.05, 0) is 66.7 Å². The predicted molar refractivity (Wildman–Crippen MR) is 252 cm³/mol. The third-order valence-corrected chi connectivity index (χ3v) is 20.4. The molecule has 0 fully saturated rings. The molecule has 4 aliphatic heterocycles. The molecule has 15 rings (SSSR count). The number of anilines is 6. The molecule has 0 bridgehead atoms. The summed E-state index contributed by atoms with van der Waals surface area (Å²) >= 11 is -4.32. The van der Waals surface area contributed by atoms with Gasteiger partial charge in [-0.1, -0.05) is 143 Å². The zero-order chi connectivity index (χ0) is 38.8. The standard InChI is InChI=1S/C53H31N5.2Al/c1-3-17-38(18-4-1)55(40-21-15-23-42(35-40)57-49-29-11-7-25-45(49)46-26-8-12-30-50(46)57)44-33-34-53(54-37-44)56(39-19-5-2-6-20-39)41-22-16-24-43(36-41)58-51-31-13-9-27-47(51)48-28-10-14-32-52(48)58;;/h1-29,31,33H;;. The lowest BCUT2D eigenvalue weighted by atomic mass is 10.1. The third kappa shape index (κ3) is 3.84. The molecular weight excluding hydrogens is 761 g/mol. The van der Waals surface area contributed by atoms with Crippen LogP contribution in [-0.4, -0.2) is 42.4 Å². The van der Waals surface area contributed by atoms with E-state index in [0.29, 0.717) is 0 Å². The predicted octanol–water partition coefficient (Wildman–Crippen LogP) is 8.50. The Labute approximate surface area is 354 Å². The topological polar surface area (TPSA) is 29.2 Å². The first kappa shape index (κ1) is 32.1. The Morgan fingerprint density at radius 1 is 0.350 bits per heavy atom. The molecule has 5 nitrogen and oxygen atoms in total. The molecule has 0 saturated carbocycles. The molecule has 0 N–H and O–H groups in total. The highest BCUT2D eigenvalue weighted by Crippen LogP contribution is 2.44. The maximum absolute atomic E-state index is 6.21. The summed E-state index contributed by atoms with van der Waals surface area (Å²) in [5.74, 6) is 1.09. The number of aromatic nitrogens is 3. The van der Waals surface area contributed by atoms with Crippen LogP contribution in [0.3, 0.4) is 0 Å². The van der Waals surface area contributed by atoms with Crippen LogP contribution < -0.4 is 36.5 Å². The van der Waals surface area contributed by atoms with E-state index >= 15 is 0 Å². The first-order chi connectivity index (χ1) is 29.8. The van der Waals surface area contributed by atoms with E-state index in [9.17, 15) is 0 Å². The monoisotopic (exact) mass is 791 g/mol. The second kappa shape index (κ2) is 11.5. The largest absolute Gasteiger partial charge is 0.424 e. The summed E-state index contributed by atoms with van der Waals surface area (Å²) in [5, 5.41) is 5.26. The van der Waals surface area contributed by atoms with Gasteiger partial charge < -0.3 is 14.0 Å². The summed E-state index contributed by atoms with van der Waals surface area (Å²) in [4.78, 5) is 11.2. The van der Waals surface area contributed by atoms with E-state index in [-0.39, 0.29) is 0 Å². The fourth-order valence-corrected chi connectivity index (χ4v) is 18.9. The number of pyridine rings is 1. The average Bonchev–Trinajstić information content (AvgIpc) is 3.83. The molecule has 60 heavy (non-hydrogen) atoms. The normalized spacial score (nSPS) is 13.9.